The highest BCUT2D eigenvalue weighted by atomic mass is 19.1. The van der Waals surface area contributed by atoms with Gasteiger partial charge >= 0.3 is 6.03 Å². The summed E-state index contributed by atoms with van der Waals surface area (Å²) in [4.78, 5) is 17.0. The number of ether oxygens (including phenoxy) is 2. The van der Waals surface area contributed by atoms with Crippen molar-refractivity contribution in [3.05, 3.63) is 24.0 Å². The number of nitrogens with zero attached hydrogens (tertiary/aromatic N) is 2. The monoisotopic (exact) mass is 434 g/mol. The maximum absolute atomic E-state index is 14.8. The van der Waals surface area contributed by atoms with Gasteiger partial charge in [0.2, 0.25) is 0 Å². The average Bonchev–Trinajstić information content (AvgIpc) is 3.42. The van der Waals surface area contributed by atoms with Crippen LogP contribution >= 0.6 is 0 Å². The van der Waals surface area contributed by atoms with Gasteiger partial charge in [-0.15, -0.1) is 0 Å². The number of carbonyl (C=O) groups excluding carboxylic acids is 1. The molecule has 8 heteroatoms. The van der Waals surface area contributed by atoms with Crippen molar-refractivity contribution in [2.45, 2.75) is 51.4 Å². The molecule has 3 heterocycles. The van der Waals surface area contributed by atoms with Crippen molar-refractivity contribution in [3.8, 4) is 0 Å². The fraction of sp³-hybridized carbons (Fsp3) is 0.696. The lowest BCUT2D eigenvalue weighted by molar-refractivity contribution is -0.00539. The van der Waals surface area contributed by atoms with E-state index in [1.54, 1.807) is 12.1 Å². The number of nitrogens with one attached hydrogen (secondary N) is 2. The second kappa shape index (κ2) is 10.1. The van der Waals surface area contributed by atoms with Crippen molar-refractivity contribution < 1.29 is 18.7 Å². The van der Waals surface area contributed by atoms with Crippen LogP contribution < -0.4 is 15.5 Å². The van der Waals surface area contributed by atoms with Crippen molar-refractivity contribution >= 4 is 17.4 Å². The zero-order valence-corrected chi connectivity index (χ0v) is 18.6. The maximum Gasteiger partial charge on any atom is 0.319 e. The number of likely N-dealkylation sites (tertiary alicyclic amines) is 1. The lowest BCUT2D eigenvalue weighted by atomic mass is 9.97. The molecule has 0 saturated carbocycles. The number of hydrogen-bond donors (Lipinski definition) is 2. The first-order chi connectivity index (χ1) is 15.0. The van der Waals surface area contributed by atoms with Crippen LogP contribution in [0.1, 0.15) is 33.1 Å². The first-order valence-corrected chi connectivity index (χ1v) is 11.6. The molecule has 0 aromatic heterocycles. The molecule has 3 saturated heterocycles. The number of urea groups is 1. The van der Waals surface area contributed by atoms with Gasteiger partial charge < -0.3 is 25.0 Å². The Morgan fingerprint density at radius 3 is 2.61 bits per heavy atom. The normalized spacial score (nSPS) is 28.0. The minimum atomic E-state index is -0.336. The summed E-state index contributed by atoms with van der Waals surface area (Å²) in [5, 5.41) is 5.78. The summed E-state index contributed by atoms with van der Waals surface area (Å²) in [6.07, 6.45) is 3.57. The summed E-state index contributed by atoms with van der Waals surface area (Å²) >= 11 is 0. The maximum atomic E-state index is 14.8. The highest BCUT2D eigenvalue weighted by Gasteiger charge is 2.32. The van der Waals surface area contributed by atoms with E-state index in [-0.39, 0.29) is 24.1 Å². The van der Waals surface area contributed by atoms with Crippen LogP contribution in [-0.2, 0) is 9.47 Å². The second-order valence-electron chi connectivity index (χ2n) is 9.10. The molecule has 0 radical (unpaired) electrons. The first kappa shape index (κ1) is 22.3. The molecule has 0 aliphatic carbocycles. The van der Waals surface area contributed by atoms with E-state index in [9.17, 15) is 9.18 Å². The third kappa shape index (κ3) is 5.67. The number of benzene rings is 1. The Morgan fingerprint density at radius 1 is 1.23 bits per heavy atom. The Balaban J connectivity index is 1.33. The third-order valence-corrected chi connectivity index (χ3v) is 6.56. The summed E-state index contributed by atoms with van der Waals surface area (Å²) in [6.45, 7) is 9.58. The van der Waals surface area contributed by atoms with Crippen LogP contribution in [0.2, 0.25) is 0 Å². The fourth-order valence-corrected chi connectivity index (χ4v) is 5.11. The van der Waals surface area contributed by atoms with E-state index in [4.69, 9.17) is 9.47 Å². The SMILES string of the molecule is C[C@@H]1CN(c2ccc(NC(=O)NC[C@H]([C@@H]3CCOC3)N3CCCC3)cc2F)C[C@H](C)O1. The van der Waals surface area contributed by atoms with Crippen LogP contribution in [0.4, 0.5) is 20.6 Å². The van der Waals surface area contributed by atoms with Crippen molar-refractivity contribution in [1.82, 2.24) is 10.2 Å². The summed E-state index contributed by atoms with van der Waals surface area (Å²) in [5.74, 6) is 0.116. The molecule has 3 aliphatic heterocycles. The van der Waals surface area contributed by atoms with Gasteiger partial charge in [0.1, 0.15) is 5.82 Å². The van der Waals surface area contributed by atoms with Crippen LogP contribution in [0.25, 0.3) is 0 Å². The molecule has 0 spiro atoms. The number of amides is 2. The van der Waals surface area contributed by atoms with Crippen LogP contribution in [0.5, 0.6) is 0 Å². The van der Waals surface area contributed by atoms with E-state index in [0.717, 1.165) is 32.7 Å². The molecular weight excluding hydrogens is 399 g/mol. The van der Waals surface area contributed by atoms with Crippen molar-refractivity contribution in [2.75, 3.05) is 56.2 Å². The second-order valence-corrected chi connectivity index (χ2v) is 9.10. The molecule has 3 aliphatic rings. The van der Waals surface area contributed by atoms with E-state index < -0.39 is 0 Å². The van der Waals surface area contributed by atoms with Gasteiger partial charge in [0.05, 0.1) is 24.5 Å². The predicted octanol–water partition coefficient (Wildman–Crippen LogP) is 3.06. The highest BCUT2D eigenvalue weighted by Crippen LogP contribution is 2.27. The van der Waals surface area contributed by atoms with E-state index in [2.05, 4.69) is 15.5 Å². The predicted molar refractivity (Wildman–Crippen MR) is 119 cm³/mol. The van der Waals surface area contributed by atoms with Gasteiger partial charge in [0.25, 0.3) is 0 Å². The number of morpholine rings is 1. The molecule has 4 atom stereocenters. The summed E-state index contributed by atoms with van der Waals surface area (Å²) in [5.41, 5.74) is 0.998. The average molecular weight is 435 g/mol. The smallest absolute Gasteiger partial charge is 0.319 e. The molecule has 1 aromatic carbocycles. The number of rotatable bonds is 6. The molecule has 2 N–H and O–H groups in total. The van der Waals surface area contributed by atoms with Gasteiger partial charge in [-0.25, -0.2) is 9.18 Å². The Hall–Kier alpha value is -1.90. The van der Waals surface area contributed by atoms with E-state index in [1.807, 2.05) is 18.7 Å². The summed E-state index contributed by atoms with van der Waals surface area (Å²) in [6, 6.07) is 4.87. The number of anilines is 2. The summed E-state index contributed by atoms with van der Waals surface area (Å²) in [7, 11) is 0. The van der Waals surface area contributed by atoms with Gasteiger partial charge in [0, 0.05) is 43.9 Å². The zero-order valence-electron chi connectivity index (χ0n) is 18.6. The van der Waals surface area contributed by atoms with Crippen LogP contribution in [0, 0.1) is 11.7 Å². The van der Waals surface area contributed by atoms with Gasteiger partial charge in [0.15, 0.2) is 0 Å². The molecule has 1 aromatic rings. The molecule has 0 unspecified atom stereocenters. The minimum Gasteiger partial charge on any atom is -0.381 e. The zero-order chi connectivity index (χ0) is 21.8. The molecule has 172 valence electrons. The molecule has 2 amide bonds. The summed E-state index contributed by atoms with van der Waals surface area (Å²) < 4.78 is 26.1. The fourth-order valence-electron chi connectivity index (χ4n) is 5.11. The van der Waals surface area contributed by atoms with E-state index in [0.29, 0.717) is 43.0 Å². The van der Waals surface area contributed by atoms with Crippen LogP contribution in [0.15, 0.2) is 18.2 Å². The minimum absolute atomic E-state index is 0.0561. The standard InChI is InChI=1S/C23H35FN4O3/c1-16-13-28(14-17(2)31-16)21-6-5-19(11-20(21)24)26-23(29)25-12-22(18-7-10-30-15-18)27-8-3-4-9-27/h5-6,11,16-18,22H,3-4,7-10,12-15H2,1-2H3,(H2,25,26,29)/t16-,17+,18-,22-/m1/s1. The van der Waals surface area contributed by atoms with Gasteiger partial charge in [-0.1, -0.05) is 0 Å². The molecule has 3 fully saturated rings. The Kier molecular flexibility index (Phi) is 7.30. The Labute approximate surface area is 184 Å². The van der Waals surface area contributed by atoms with Crippen molar-refractivity contribution in [1.29, 1.82) is 0 Å². The Bertz CT molecular complexity index is 726. The molecule has 31 heavy (non-hydrogen) atoms. The van der Waals surface area contributed by atoms with Crippen LogP contribution in [0.3, 0.4) is 0 Å². The molecular formula is C23H35FN4O3. The van der Waals surface area contributed by atoms with E-state index >= 15 is 0 Å². The number of hydrogen-bond acceptors (Lipinski definition) is 5. The van der Waals surface area contributed by atoms with Gasteiger partial charge in [-0.3, -0.25) is 4.90 Å². The van der Waals surface area contributed by atoms with Gasteiger partial charge in [-0.05, 0) is 64.4 Å². The van der Waals surface area contributed by atoms with E-state index in [1.165, 1.54) is 18.9 Å². The largest absolute Gasteiger partial charge is 0.381 e. The van der Waals surface area contributed by atoms with Gasteiger partial charge in [-0.2, -0.15) is 0 Å². The van der Waals surface area contributed by atoms with Crippen molar-refractivity contribution in [2.24, 2.45) is 5.92 Å². The number of halogens is 1. The van der Waals surface area contributed by atoms with Crippen molar-refractivity contribution in [3.63, 3.8) is 0 Å². The number of carbonyl (C=O) groups is 1. The molecule has 7 nitrogen and oxygen atoms in total. The first-order valence-electron chi connectivity index (χ1n) is 11.6. The molecule has 4 rings (SSSR count). The highest BCUT2D eigenvalue weighted by molar-refractivity contribution is 5.89. The quantitative estimate of drug-likeness (QED) is 0.721. The topological polar surface area (TPSA) is 66.1 Å². The Morgan fingerprint density at radius 2 is 1.97 bits per heavy atom. The lowest BCUT2D eigenvalue weighted by Crippen LogP contribution is -2.48. The van der Waals surface area contributed by atoms with Crippen LogP contribution in [-0.4, -0.2) is 75.1 Å². The third-order valence-electron chi connectivity index (χ3n) is 6.56. The molecule has 0 bridgehead atoms. The lowest BCUT2D eigenvalue weighted by Gasteiger charge is -2.37.